The quantitative estimate of drug-likeness (QED) is 0.551. The van der Waals surface area contributed by atoms with E-state index in [0.29, 0.717) is 18.8 Å². The highest BCUT2D eigenvalue weighted by atomic mass is 16.5. The molecule has 1 aromatic heterocycles. The van der Waals surface area contributed by atoms with E-state index in [-0.39, 0.29) is 24.3 Å². The summed E-state index contributed by atoms with van der Waals surface area (Å²) < 4.78 is 11.0. The molecule has 2 atom stereocenters. The average molecular weight is 435 g/mol. The third-order valence-corrected chi connectivity index (χ3v) is 5.59. The molecule has 4 rings (SSSR count). The minimum atomic E-state index is -1.12. The molecule has 166 valence electrons. The summed E-state index contributed by atoms with van der Waals surface area (Å²) in [4.78, 5) is 25.4. The molecule has 1 amide bonds. The summed E-state index contributed by atoms with van der Waals surface area (Å²) in [5.74, 6) is -0.792. The van der Waals surface area contributed by atoms with Crippen LogP contribution in [0.3, 0.4) is 0 Å². The number of hydrogen-bond donors (Lipinski definition) is 2. The van der Waals surface area contributed by atoms with Crippen molar-refractivity contribution in [2.24, 2.45) is 0 Å². The Morgan fingerprint density at radius 1 is 1.06 bits per heavy atom. The highest BCUT2D eigenvalue weighted by Crippen LogP contribution is 2.29. The Bertz CT molecular complexity index is 1060. The van der Waals surface area contributed by atoms with Crippen LogP contribution in [0.25, 0.3) is 0 Å². The number of nitrogens with zero attached hydrogens (tertiary/aromatic N) is 1. The van der Waals surface area contributed by atoms with E-state index in [1.165, 1.54) is 6.07 Å². The number of benzene rings is 2. The van der Waals surface area contributed by atoms with Crippen molar-refractivity contribution in [2.45, 2.75) is 38.0 Å². The van der Waals surface area contributed by atoms with Gasteiger partial charge in [0.15, 0.2) is 0 Å². The minimum Gasteiger partial charge on any atom is -0.475 e. The number of hydrogen-bond acceptors (Lipinski definition) is 5. The number of carbonyl (C=O) groups excluding carboxylic acids is 1. The summed E-state index contributed by atoms with van der Waals surface area (Å²) >= 11 is 0. The van der Waals surface area contributed by atoms with Crippen molar-refractivity contribution in [3.8, 4) is 0 Å². The number of anilines is 1. The number of carboxylic acids is 1. The van der Waals surface area contributed by atoms with Gasteiger partial charge in [-0.1, -0.05) is 42.5 Å². The number of aliphatic hydroxyl groups is 1. The van der Waals surface area contributed by atoms with Crippen LogP contribution < -0.4 is 4.90 Å². The number of ether oxygens (including phenoxy) is 1. The maximum absolute atomic E-state index is 12.7. The van der Waals surface area contributed by atoms with Crippen molar-refractivity contribution >= 4 is 17.6 Å². The van der Waals surface area contributed by atoms with E-state index >= 15 is 0 Å². The number of aromatic carboxylic acids is 1. The molecule has 2 N–H and O–H groups in total. The Labute approximate surface area is 185 Å². The fourth-order valence-corrected chi connectivity index (χ4v) is 3.97. The third-order valence-electron chi connectivity index (χ3n) is 5.59. The maximum Gasteiger partial charge on any atom is 0.371 e. The largest absolute Gasteiger partial charge is 0.475 e. The topological polar surface area (TPSA) is 100 Å². The molecule has 0 radical (unpaired) electrons. The Hall–Kier alpha value is -3.42. The molecule has 2 unspecified atom stereocenters. The summed E-state index contributed by atoms with van der Waals surface area (Å²) in [5, 5.41) is 19.6. The lowest BCUT2D eigenvalue weighted by Gasteiger charge is -2.35. The standard InChI is InChI=1S/C25H25NO6/c27-23-8-4-7-20(15-31-16-21-13-14-22(32-21)25(29)30)26(23)19-11-9-18(10-12-19)24(28)17-5-2-1-3-6-17/h1-3,5-6,9-14,20,24,28H,4,7-8,15-16H2,(H,29,30). The van der Waals surface area contributed by atoms with Gasteiger partial charge in [0.1, 0.15) is 18.5 Å². The number of aliphatic hydroxyl groups excluding tert-OH is 1. The smallest absolute Gasteiger partial charge is 0.371 e. The molecule has 3 aromatic rings. The number of rotatable bonds is 8. The van der Waals surface area contributed by atoms with Gasteiger partial charge in [-0.05, 0) is 48.2 Å². The number of piperidine rings is 1. The van der Waals surface area contributed by atoms with E-state index in [0.717, 1.165) is 29.7 Å². The fraction of sp³-hybridized carbons (Fsp3) is 0.280. The Morgan fingerprint density at radius 2 is 1.78 bits per heavy atom. The number of carbonyl (C=O) groups is 2. The maximum atomic E-state index is 12.7. The van der Waals surface area contributed by atoms with E-state index in [1.807, 2.05) is 54.6 Å². The van der Waals surface area contributed by atoms with Gasteiger partial charge in [0, 0.05) is 12.1 Å². The average Bonchev–Trinajstić information content (AvgIpc) is 3.29. The van der Waals surface area contributed by atoms with E-state index in [2.05, 4.69) is 0 Å². The first kappa shape index (κ1) is 21.8. The van der Waals surface area contributed by atoms with Crippen molar-refractivity contribution in [1.82, 2.24) is 0 Å². The molecule has 32 heavy (non-hydrogen) atoms. The molecule has 0 spiro atoms. The van der Waals surface area contributed by atoms with Gasteiger partial charge in [-0.15, -0.1) is 0 Å². The Morgan fingerprint density at radius 3 is 2.47 bits per heavy atom. The molecular weight excluding hydrogens is 410 g/mol. The van der Waals surface area contributed by atoms with Crippen LogP contribution in [0.1, 0.15) is 52.8 Å². The van der Waals surface area contributed by atoms with Gasteiger partial charge in [-0.3, -0.25) is 4.79 Å². The van der Waals surface area contributed by atoms with Crippen molar-refractivity contribution in [2.75, 3.05) is 11.5 Å². The lowest BCUT2D eigenvalue weighted by molar-refractivity contribution is -0.120. The summed E-state index contributed by atoms with van der Waals surface area (Å²) in [7, 11) is 0. The van der Waals surface area contributed by atoms with Gasteiger partial charge in [0.2, 0.25) is 11.7 Å². The third kappa shape index (κ3) is 4.90. The molecule has 7 nitrogen and oxygen atoms in total. The molecule has 0 aliphatic carbocycles. The molecule has 0 bridgehead atoms. The zero-order valence-corrected chi connectivity index (χ0v) is 17.5. The second-order valence-corrected chi connectivity index (χ2v) is 7.80. The summed E-state index contributed by atoms with van der Waals surface area (Å²) in [6, 6.07) is 19.6. The molecule has 1 aliphatic rings. The SMILES string of the molecule is O=C(O)c1ccc(COCC2CCCC(=O)N2c2ccc(C(O)c3ccccc3)cc2)o1. The van der Waals surface area contributed by atoms with Crippen molar-refractivity contribution in [1.29, 1.82) is 0 Å². The monoisotopic (exact) mass is 435 g/mol. The second-order valence-electron chi connectivity index (χ2n) is 7.80. The van der Waals surface area contributed by atoms with Crippen LogP contribution in [-0.2, 0) is 16.1 Å². The first-order chi connectivity index (χ1) is 15.5. The Balaban J connectivity index is 1.42. The predicted octanol–water partition coefficient (Wildman–Crippen LogP) is 4.16. The van der Waals surface area contributed by atoms with E-state index < -0.39 is 12.1 Å². The minimum absolute atomic E-state index is 0.0346. The summed E-state index contributed by atoms with van der Waals surface area (Å²) in [5.41, 5.74) is 2.33. The molecule has 1 aliphatic heterocycles. The van der Waals surface area contributed by atoms with E-state index in [1.54, 1.807) is 11.0 Å². The fourth-order valence-electron chi connectivity index (χ4n) is 3.97. The number of furan rings is 1. The van der Waals surface area contributed by atoms with Gasteiger partial charge in [-0.25, -0.2) is 4.79 Å². The Kier molecular flexibility index (Phi) is 6.68. The zero-order valence-electron chi connectivity index (χ0n) is 17.5. The van der Waals surface area contributed by atoms with Gasteiger partial charge < -0.3 is 24.3 Å². The van der Waals surface area contributed by atoms with Crippen LogP contribution >= 0.6 is 0 Å². The van der Waals surface area contributed by atoms with E-state index in [4.69, 9.17) is 14.3 Å². The van der Waals surface area contributed by atoms with Gasteiger partial charge in [-0.2, -0.15) is 0 Å². The van der Waals surface area contributed by atoms with Crippen LogP contribution in [-0.4, -0.2) is 34.7 Å². The molecule has 2 heterocycles. The van der Waals surface area contributed by atoms with Crippen LogP contribution in [0, 0.1) is 0 Å². The zero-order chi connectivity index (χ0) is 22.5. The molecule has 7 heteroatoms. The normalized spacial score (nSPS) is 17.3. The van der Waals surface area contributed by atoms with Crippen LogP contribution in [0.2, 0.25) is 0 Å². The molecular formula is C25H25NO6. The number of amides is 1. The summed E-state index contributed by atoms with van der Waals surface area (Å²) in [6.45, 7) is 0.442. The first-order valence-electron chi connectivity index (χ1n) is 10.6. The molecule has 1 saturated heterocycles. The van der Waals surface area contributed by atoms with Crippen LogP contribution in [0.4, 0.5) is 5.69 Å². The van der Waals surface area contributed by atoms with Crippen molar-refractivity contribution < 1.29 is 29.0 Å². The van der Waals surface area contributed by atoms with Crippen LogP contribution in [0.5, 0.6) is 0 Å². The lowest BCUT2D eigenvalue weighted by Crippen LogP contribution is -2.46. The highest BCUT2D eigenvalue weighted by molar-refractivity contribution is 5.94. The highest BCUT2D eigenvalue weighted by Gasteiger charge is 2.29. The van der Waals surface area contributed by atoms with Crippen LogP contribution in [0.15, 0.2) is 71.1 Å². The van der Waals surface area contributed by atoms with E-state index in [9.17, 15) is 14.7 Å². The second kappa shape index (κ2) is 9.80. The lowest BCUT2D eigenvalue weighted by atomic mass is 9.98. The molecule has 0 saturated carbocycles. The first-order valence-corrected chi connectivity index (χ1v) is 10.6. The predicted molar refractivity (Wildman–Crippen MR) is 117 cm³/mol. The summed E-state index contributed by atoms with van der Waals surface area (Å²) in [6.07, 6.45) is 1.34. The van der Waals surface area contributed by atoms with Gasteiger partial charge in [0.25, 0.3) is 0 Å². The van der Waals surface area contributed by atoms with Crippen molar-refractivity contribution in [3.05, 3.63) is 89.4 Å². The van der Waals surface area contributed by atoms with Crippen molar-refractivity contribution in [3.63, 3.8) is 0 Å². The molecule has 1 fully saturated rings. The molecule has 2 aromatic carbocycles. The van der Waals surface area contributed by atoms with Gasteiger partial charge >= 0.3 is 5.97 Å². The number of carboxylic acid groups (broad SMARTS) is 1. The van der Waals surface area contributed by atoms with Gasteiger partial charge in [0.05, 0.1) is 12.6 Å².